The molecule has 0 unspecified atom stereocenters. The Morgan fingerprint density at radius 2 is 1.86 bits per heavy atom. The van der Waals surface area contributed by atoms with Gasteiger partial charge in [-0.25, -0.2) is 5.84 Å². The first-order valence-corrected chi connectivity index (χ1v) is 5.29. The second kappa shape index (κ2) is 4.72. The molecule has 0 aromatic heterocycles. The highest BCUT2D eigenvalue weighted by molar-refractivity contribution is 9.10. The number of halogens is 1. The maximum atomic E-state index is 5.16. The smallest absolute Gasteiger partial charge is 0.185 e. The summed E-state index contributed by atoms with van der Waals surface area (Å²) in [6.45, 7) is 4.06. The summed E-state index contributed by atoms with van der Waals surface area (Å²) in [5.74, 6) is 5.16. The molecular weight excluding hydrogens is 262 g/mol. The van der Waals surface area contributed by atoms with Gasteiger partial charge in [0.25, 0.3) is 0 Å². The van der Waals surface area contributed by atoms with Crippen LogP contribution >= 0.6 is 28.1 Å². The lowest BCUT2D eigenvalue weighted by Gasteiger charge is -2.10. The Morgan fingerprint density at radius 1 is 1.36 bits per heavy atom. The Labute approximate surface area is 97.2 Å². The van der Waals surface area contributed by atoms with E-state index in [0.29, 0.717) is 5.11 Å². The van der Waals surface area contributed by atoms with Gasteiger partial charge in [-0.2, -0.15) is 0 Å². The quantitative estimate of drug-likeness (QED) is 0.417. The van der Waals surface area contributed by atoms with Gasteiger partial charge >= 0.3 is 0 Å². The van der Waals surface area contributed by atoms with Gasteiger partial charge in [0.2, 0.25) is 0 Å². The number of benzene rings is 1. The molecule has 0 amide bonds. The van der Waals surface area contributed by atoms with Gasteiger partial charge in [0.05, 0.1) is 0 Å². The number of hydrogen-bond donors (Lipinski definition) is 3. The molecule has 5 heteroatoms. The predicted molar refractivity (Wildman–Crippen MR) is 67.2 cm³/mol. The normalized spacial score (nSPS) is 9.71. The molecule has 0 aliphatic carbocycles. The van der Waals surface area contributed by atoms with Gasteiger partial charge in [-0.15, -0.1) is 0 Å². The minimum absolute atomic E-state index is 0.408. The first-order valence-electron chi connectivity index (χ1n) is 4.09. The van der Waals surface area contributed by atoms with Crippen molar-refractivity contribution in [3.63, 3.8) is 0 Å². The molecule has 0 fully saturated rings. The van der Waals surface area contributed by atoms with Crippen molar-refractivity contribution in [1.29, 1.82) is 0 Å². The summed E-state index contributed by atoms with van der Waals surface area (Å²) in [4.78, 5) is 0. The van der Waals surface area contributed by atoms with Crippen LogP contribution in [0, 0.1) is 13.8 Å². The first-order chi connectivity index (χ1) is 6.54. The van der Waals surface area contributed by atoms with Crippen molar-refractivity contribution < 1.29 is 0 Å². The van der Waals surface area contributed by atoms with Crippen LogP contribution in [0.1, 0.15) is 11.1 Å². The SMILES string of the molecule is Cc1cc(NC(=S)NN)cc(C)c1Br. The third-order valence-corrected chi connectivity index (χ3v) is 3.30. The van der Waals surface area contributed by atoms with Gasteiger partial charge in [0.15, 0.2) is 5.11 Å². The van der Waals surface area contributed by atoms with E-state index in [1.54, 1.807) is 0 Å². The molecule has 1 rings (SSSR count). The standard InChI is InChI=1S/C9H12BrN3S/c1-5-3-7(12-9(14)13-11)4-6(2)8(5)10/h3-4H,11H2,1-2H3,(H2,12,13,14). The Kier molecular flexibility index (Phi) is 3.86. The van der Waals surface area contributed by atoms with Gasteiger partial charge in [-0.3, -0.25) is 0 Å². The lowest BCUT2D eigenvalue weighted by molar-refractivity contribution is 1.04. The highest BCUT2D eigenvalue weighted by Crippen LogP contribution is 2.24. The number of hydrogen-bond acceptors (Lipinski definition) is 2. The summed E-state index contributed by atoms with van der Waals surface area (Å²) in [5.41, 5.74) is 5.63. The van der Waals surface area contributed by atoms with E-state index >= 15 is 0 Å². The average molecular weight is 274 g/mol. The van der Waals surface area contributed by atoms with Crippen LogP contribution in [-0.2, 0) is 0 Å². The largest absolute Gasteiger partial charge is 0.332 e. The summed E-state index contributed by atoms with van der Waals surface area (Å²) >= 11 is 8.39. The van der Waals surface area contributed by atoms with Crippen LogP contribution < -0.4 is 16.6 Å². The van der Waals surface area contributed by atoms with Crippen molar-refractivity contribution in [3.05, 3.63) is 27.7 Å². The molecule has 1 aromatic rings. The highest BCUT2D eigenvalue weighted by atomic mass is 79.9. The molecule has 0 aliphatic heterocycles. The van der Waals surface area contributed by atoms with Crippen molar-refractivity contribution in [2.75, 3.05) is 5.32 Å². The minimum Gasteiger partial charge on any atom is -0.332 e. The van der Waals surface area contributed by atoms with E-state index in [1.807, 2.05) is 26.0 Å². The van der Waals surface area contributed by atoms with Crippen LogP contribution in [0.25, 0.3) is 0 Å². The van der Waals surface area contributed by atoms with Crippen LogP contribution in [-0.4, -0.2) is 5.11 Å². The maximum Gasteiger partial charge on any atom is 0.185 e. The number of nitrogens with two attached hydrogens (primary N) is 1. The van der Waals surface area contributed by atoms with E-state index in [9.17, 15) is 0 Å². The summed E-state index contributed by atoms with van der Waals surface area (Å²) in [6, 6.07) is 4.00. The summed E-state index contributed by atoms with van der Waals surface area (Å²) in [6.07, 6.45) is 0. The molecule has 0 aliphatic rings. The monoisotopic (exact) mass is 273 g/mol. The molecule has 14 heavy (non-hydrogen) atoms. The second-order valence-electron chi connectivity index (χ2n) is 3.02. The van der Waals surface area contributed by atoms with E-state index in [-0.39, 0.29) is 0 Å². The molecule has 0 atom stereocenters. The zero-order valence-electron chi connectivity index (χ0n) is 8.02. The number of nitrogens with one attached hydrogen (secondary N) is 2. The topological polar surface area (TPSA) is 50.1 Å². The van der Waals surface area contributed by atoms with Gasteiger partial charge in [-0.05, 0) is 49.3 Å². The molecular formula is C9H12BrN3S. The van der Waals surface area contributed by atoms with Crippen molar-refractivity contribution in [2.45, 2.75) is 13.8 Å². The fraction of sp³-hybridized carbons (Fsp3) is 0.222. The van der Waals surface area contributed by atoms with Gasteiger partial charge < -0.3 is 10.7 Å². The lowest BCUT2D eigenvalue weighted by atomic mass is 10.1. The molecule has 0 saturated carbocycles. The average Bonchev–Trinajstić information content (AvgIpc) is 2.14. The Morgan fingerprint density at radius 3 is 2.29 bits per heavy atom. The number of anilines is 1. The Hall–Kier alpha value is -0.650. The minimum atomic E-state index is 0.408. The number of aryl methyl sites for hydroxylation is 2. The molecule has 0 bridgehead atoms. The molecule has 76 valence electrons. The number of rotatable bonds is 1. The third kappa shape index (κ3) is 2.67. The second-order valence-corrected chi connectivity index (χ2v) is 4.22. The fourth-order valence-corrected chi connectivity index (χ4v) is 1.53. The molecule has 0 spiro atoms. The van der Waals surface area contributed by atoms with E-state index in [4.69, 9.17) is 18.1 Å². The van der Waals surface area contributed by atoms with E-state index in [1.165, 1.54) is 0 Å². The summed E-state index contributed by atoms with van der Waals surface area (Å²) < 4.78 is 1.12. The van der Waals surface area contributed by atoms with Crippen LogP contribution in [0.15, 0.2) is 16.6 Å². The van der Waals surface area contributed by atoms with Gasteiger partial charge in [0.1, 0.15) is 0 Å². The molecule has 3 nitrogen and oxygen atoms in total. The zero-order chi connectivity index (χ0) is 10.7. The molecule has 0 saturated heterocycles. The van der Waals surface area contributed by atoms with Crippen LogP contribution in [0.3, 0.4) is 0 Å². The first kappa shape index (κ1) is 11.4. The van der Waals surface area contributed by atoms with Gasteiger partial charge in [-0.1, -0.05) is 15.9 Å². The van der Waals surface area contributed by atoms with E-state index < -0.39 is 0 Å². The number of hydrazine groups is 1. The fourth-order valence-electron chi connectivity index (χ4n) is 1.19. The Bertz CT molecular complexity index is 342. The predicted octanol–water partition coefficient (Wildman–Crippen LogP) is 2.23. The van der Waals surface area contributed by atoms with E-state index in [2.05, 4.69) is 26.7 Å². The molecule has 1 aromatic carbocycles. The van der Waals surface area contributed by atoms with Crippen molar-refractivity contribution in [3.8, 4) is 0 Å². The summed E-state index contributed by atoms with van der Waals surface area (Å²) in [5, 5.41) is 3.38. The maximum absolute atomic E-state index is 5.16. The van der Waals surface area contributed by atoms with Gasteiger partial charge in [0, 0.05) is 10.2 Å². The van der Waals surface area contributed by atoms with Crippen molar-refractivity contribution in [2.24, 2.45) is 5.84 Å². The summed E-state index contributed by atoms with van der Waals surface area (Å²) in [7, 11) is 0. The highest BCUT2D eigenvalue weighted by Gasteiger charge is 2.02. The Balaban J connectivity index is 2.95. The van der Waals surface area contributed by atoms with Crippen LogP contribution in [0.2, 0.25) is 0 Å². The molecule has 0 heterocycles. The zero-order valence-corrected chi connectivity index (χ0v) is 10.4. The van der Waals surface area contributed by atoms with Crippen LogP contribution in [0.4, 0.5) is 5.69 Å². The van der Waals surface area contributed by atoms with Crippen molar-refractivity contribution >= 4 is 38.9 Å². The van der Waals surface area contributed by atoms with Crippen molar-refractivity contribution in [1.82, 2.24) is 5.43 Å². The molecule has 4 N–H and O–H groups in total. The lowest BCUT2D eigenvalue weighted by Crippen LogP contribution is -2.34. The third-order valence-electron chi connectivity index (χ3n) is 1.83. The molecule has 0 radical (unpaired) electrons. The van der Waals surface area contributed by atoms with E-state index in [0.717, 1.165) is 21.3 Å². The van der Waals surface area contributed by atoms with Crippen LogP contribution in [0.5, 0.6) is 0 Å². The number of thiocarbonyl (C=S) groups is 1.